The number of hydrogen-bond donors (Lipinski definition) is 0. The number of hydrogen-bond acceptors (Lipinski definition) is 2. The molecule has 1 aliphatic rings. The Balaban J connectivity index is 1.82. The Bertz CT molecular complexity index is 987. The number of piperazine rings is 1. The van der Waals surface area contributed by atoms with Crippen LogP contribution in [0.4, 0.5) is 0 Å². The van der Waals surface area contributed by atoms with Gasteiger partial charge >= 0.3 is 0 Å². The first kappa shape index (κ1) is 19.9. The fraction of sp³-hybridized carbons (Fsp3) is 0.333. The van der Waals surface area contributed by atoms with Crippen molar-refractivity contribution in [2.24, 2.45) is 0 Å². The van der Waals surface area contributed by atoms with Crippen molar-refractivity contribution < 1.29 is 0 Å². The smallest absolute Gasteiger partial charge is 0.0611 e. The summed E-state index contributed by atoms with van der Waals surface area (Å²) in [5.74, 6) is 0. The largest absolute Gasteiger partial charge is 0.294 e. The molecule has 4 rings (SSSR count). The van der Waals surface area contributed by atoms with Gasteiger partial charge in [0.2, 0.25) is 0 Å². The predicted molar refractivity (Wildman–Crippen MR) is 124 cm³/mol. The Hall–Kier alpha value is -2.42. The molecule has 150 valence electrons. The van der Waals surface area contributed by atoms with Crippen LogP contribution in [0.5, 0.6) is 0 Å². The maximum absolute atomic E-state index is 3.95. The molecule has 1 saturated heterocycles. The van der Waals surface area contributed by atoms with E-state index in [0.717, 1.165) is 19.6 Å². The highest BCUT2D eigenvalue weighted by Gasteiger charge is 2.34. The molecule has 0 N–H and O–H groups in total. The lowest BCUT2D eigenvalue weighted by Gasteiger charge is -2.47. The molecule has 0 bridgehead atoms. The molecule has 2 nitrogen and oxygen atoms in total. The molecule has 0 amide bonds. The van der Waals surface area contributed by atoms with E-state index in [4.69, 9.17) is 0 Å². The molecule has 1 aliphatic heterocycles. The summed E-state index contributed by atoms with van der Waals surface area (Å²) in [6.07, 6.45) is 2.03. The van der Waals surface area contributed by atoms with Gasteiger partial charge in [0.15, 0.2) is 0 Å². The summed E-state index contributed by atoms with van der Waals surface area (Å²) in [7, 11) is 0. The first-order valence-electron chi connectivity index (χ1n) is 10.7. The van der Waals surface area contributed by atoms with Crippen molar-refractivity contribution in [2.45, 2.75) is 38.9 Å². The van der Waals surface area contributed by atoms with Gasteiger partial charge in [0.05, 0.1) is 6.04 Å². The van der Waals surface area contributed by atoms with Gasteiger partial charge in [-0.25, -0.2) is 0 Å². The van der Waals surface area contributed by atoms with Crippen molar-refractivity contribution in [3.8, 4) is 0 Å². The normalized spacial score (nSPS) is 21.9. The van der Waals surface area contributed by atoms with E-state index in [9.17, 15) is 0 Å². The van der Waals surface area contributed by atoms with E-state index in [0.29, 0.717) is 12.1 Å². The van der Waals surface area contributed by atoms with Crippen molar-refractivity contribution in [2.75, 3.05) is 19.6 Å². The minimum atomic E-state index is 0.254. The molecule has 3 aromatic carbocycles. The molecule has 0 aliphatic carbocycles. The van der Waals surface area contributed by atoms with E-state index >= 15 is 0 Å². The second-order valence-corrected chi connectivity index (χ2v) is 8.52. The average Bonchev–Trinajstić information content (AvgIpc) is 2.72. The minimum Gasteiger partial charge on any atom is -0.294 e. The van der Waals surface area contributed by atoms with Gasteiger partial charge in [-0.3, -0.25) is 9.80 Å². The maximum Gasteiger partial charge on any atom is 0.0611 e. The Morgan fingerprint density at radius 3 is 2.52 bits per heavy atom. The molecule has 1 unspecified atom stereocenters. The van der Waals surface area contributed by atoms with Crippen molar-refractivity contribution in [1.82, 2.24) is 9.80 Å². The molecular weight excluding hydrogens is 352 g/mol. The zero-order valence-electron chi connectivity index (χ0n) is 17.9. The lowest BCUT2D eigenvalue weighted by Crippen LogP contribution is -2.57. The van der Waals surface area contributed by atoms with Crippen LogP contribution in [0, 0.1) is 6.92 Å². The van der Waals surface area contributed by atoms with Gasteiger partial charge in [0.1, 0.15) is 0 Å². The number of aryl methyl sites for hydroxylation is 1. The van der Waals surface area contributed by atoms with E-state index in [-0.39, 0.29) is 6.04 Å². The average molecular weight is 385 g/mol. The van der Waals surface area contributed by atoms with Crippen LogP contribution in [0.1, 0.15) is 36.6 Å². The molecule has 2 heteroatoms. The first-order valence-corrected chi connectivity index (χ1v) is 10.7. The van der Waals surface area contributed by atoms with Crippen molar-refractivity contribution in [3.63, 3.8) is 0 Å². The van der Waals surface area contributed by atoms with E-state index in [1.807, 2.05) is 6.08 Å². The molecule has 3 aromatic rings. The second-order valence-electron chi connectivity index (χ2n) is 8.52. The van der Waals surface area contributed by atoms with Gasteiger partial charge in [-0.15, -0.1) is 6.58 Å². The van der Waals surface area contributed by atoms with Gasteiger partial charge in [0, 0.05) is 31.7 Å². The lowest BCUT2D eigenvalue weighted by atomic mass is 9.89. The van der Waals surface area contributed by atoms with Crippen LogP contribution in [0.15, 0.2) is 79.4 Å². The van der Waals surface area contributed by atoms with Crippen molar-refractivity contribution >= 4 is 10.8 Å². The van der Waals surface area contributed by atoms with Gasteiger partial charge in [-0.05, 0) is 42.7 Å². The third-order valence-corrected chi connectivity index (χ3v) is 6.33. The second kappa shape index (κ2) is 8.52. The van der Waals surface area contributed by atoms with Crippen molar-refractivity contribution in [3.05, 3.63) is 96.1 Å². The Morgan fingerprint density at radius 1 is 0.966 bits per heavy atom. The maximum atomic E-state index is 3.95. The third-order valence-electron chi connectivity index (χ3n) is 6.33. The molecular formula is C27H32N2. The molecule has 0 saturated carbocycles. The monoisotopic (exact) mass is 384 g/mol. The SMILES string of the molecule is C=CCN1C[C@H](C)N(C(c2cccc(C)c2)c2cccc3ccccc23)C[C@H]1C. The highest BCUT2D eigenvalue weighted by Crippen LogP contribution is 2.37. The van der Waals surface area contributed by atoms with Crippen molar-refractivity contribution in [1.29, 1.82) is 0 Å². The van der Waals surface area contributed by atoms with Crippen LogP contribution in [0.3, 0.4) is 0 Å². The van der Waals surface area contributed by atoms with E-state index in [1.165, 1.54) is 27.5 Å². The topological polar surface area (TPSA) is 6.48 Å². The lowest BCUT2D eigenvalue weighted by molar-refractivity contribution is 0.0310. The Labute approximate surface area is 175 Å². The predicted octanol–water partition coefficient (Wildman–Crippen LogP) is 5.82. The van der Waals surface area contributed by atoms with Crippen LogP contribution >= 0.6 is 0 Å². The highest BCUT2D eigenvalue weighted by molar-refractivity contribution is 5.86. The first-order chi connectivity index (χ1) is 14.1. The summed E-state index contributed by atoms with van der Waals surface area (Å²) in [6.45, 7) is 13.9. The van der Waals surface area contributed by atoms with Crippen LogP contribution in [-0.4, -0.2) is 41.5 Å². The standard InChI is InChI=1S/C27H32N2/c1-5-16-28-18-22(4)29(19-21(28)3)27(24-13-8-10-20(2)17-24)26-15-9-12-23-11-6-7-14-25(23)26/h5-15,17,21-22,27H,1,16,18-19H2,2-4H3/t21-,22+,27?/m1/s1. The van der Waals surface area contributed by atoms with Gasteiger partial charge in [-0.1, -0.05) is 78.4 Å². The molecule has 1 fully saturated rings. The number of nitrogens with zero attached hydrogens (tertiary/aromatic N) is 2. The van der Waals surface area contributed by atoms with Crippen LogP contribution < -0.4 is 0 Å². The van der Waals surface area contributed by atoms with Crippen LogP contribution in [-0.2, 0) is 0 Å². The summed E-state index contributed by atoms with van der Waals surface area (Å²) < 4.78 is 0. The molecule has 29 heavy (non-hydrogen) atoms. The number of fused-ring (bicyclic) bond motifs is 1. The molecule has 0 spiro atoms. The summed E-state index contributed by atoms with van der Waals surface area (Å²) in [5, 5.41) is 2.67. The number of benzene rings is 3. The molecule has 3 atom stereocenters. The summed E-state index contributed by atoms with van der Waals surface area (Å²) in [4.78, 5) is 5.26. The summed E-state index contributed by atoms with van der Waals surface area (Å²) in [6, 6.07) is 25.8. The summed E-state index contributed by atoms with van der Waals surface area (Å²) >= 11 is 0. The number of rotatable bonds is 5. The minimum absolute atomic E-state index is 0.254. The van der Waals surface area contributed by atoms with Gasteiger partial charge < -0.3 is 0 Å². The fourth-order valence-electron chi connectivity index (χ4n) is 4.88. The fourth-order valence-corrected chi connectivity index (χ4v) is 4.88. The van der Waals surface area contributed by atoms with Gasteiger partial charge in [0.25, 0.3) is 0 Å². The van der Waals surface area contributed by atoms with E-state index < -0.39 is 0 Å². The highest BCUT2D eigenvalue weighted by atomic mass is 15.3. The van der Waals surface area contributed by atoms with Crippen LogP contribution in [0.2, 0.25) is 0 Å². The quantitative estimate of drug-likeness (QED) is 0.512. The Morgan fingerprint density at radius 2 is 1.72 bits per heavy atom. The Kier molecular flexibility index (Phi) is 5.84. The van der Waals surface area contributed by atoms with E-state index in [2.05, 4.69) is 104 Å². The third kappa shape index (κ3) is 4.01. The zero-order chi connectivity index (χ0) is 20.4. The van der Waals surface area contributed by atoms with E-state index in [1.54, 1.807) is 0 Å². The van der Waals surface area contributed by atoms with Gasteiger partial charge in [-0.2, -0.15) is 0 Å². The molecule has 0 radical (unpaired) electrons. The molecule has 1 heterocycles. The molecule has 0 aromatic heterocycles. The zero-order valence-corrected chi connectivity index (χ0v) is 17.9. The summed E-state index contributed by atoms with van der Waals surface area (Å²) in [5.41, 5.74) is 4.11. The van der Waals surface area contributed by atoms with Crippen LogP contribution in [0.25, 0.3) is 10.8 Å².